The second kappa shape index (κ2) is 6.19. The maximum absolute atomic E-state index is 14.4. The van der Waals surface area contributed by atoms with Gasteiger partial charge in [-0.2, -0.15) is 0 Å². The number of fused-ring (bicyclic) bond motifs is 1. The highest BCUT2D eigenvalue weighted by atomic mass is 19.1. The number of nitrogens with zero attached hydrogens (tertiary/aromatic N) is 3. The monoisotopic (exact) mass is 321 g/mol. The van der Waals surface area contributed by atoms with E-state index in [1.165, 1.54) is 24.4 Å². The molecule has 122 valence electrons. The van der Waals surface area contributed by atoms with E-state index in [-0.39, 0.29) is 5.82 Å². The normalized spacial score (nSPS) is 15.0. The van der Waals surface area contributed by atoms with Crippen LogP contribution in [0.2, 0.25) is 0 Å². The molecule has 3 nitrogen and oxygen atoms in total. The number of benzene rings is 2. The molecule has 4 heteroatoms. The number of aromatic nitrogens is 2. The zero-order valence-corrected chi connectivity index (χ0v) is 13.8. The van der Waals surface area contributed by atoms with Crippen LogP contribution in [0.4, 0.5) is 10.2 Å². The summed E-state index contributed by atoms with van der Waals surface area (Å²) in [5, 5.41) is 0.824. The van der Waals surface area contributed by atoms with Gasteiger partial charge in [-0.25, -0.2) is 14.4 Å². The molecule has 0 spiro atoms. The Balaban J connectivity index is 1.98. The molecule has 1 aliphatic rings. The van der Waals surface area contributed by atoms with Crippen LogP contribution in [0, 0.1) is 12.7 Å². The van der Waals surface area contributed by atoms with Crippen molar-refractivity contribution in [2.24, 2.45) is 0 Å². The van der Waals surface area contributed by atoms with E-state index in [1.807, 2.05) is 12.1 Å². The zero-order valence-electron chi connectivity index (χ0n) is 13.8. The van der Waals surface area contributed by atoms with Gasteiger partial charge in [0.1, 0.15) is 23.5 Å². The number of anilines is 1. The molecule has 4 rings (SSSR count). The van der Waals surface area contributed by atoms with E-state index in [9.17, 15) is 4.39 Å². The summed E-state index contributed by atoms with van der Waals surface area (Å²) in [5.41, 5.74) is 3.66. The summed E-state index contributed by atoms with van der Waals surface area (Å²) in [6.07, 6.45) is 5.04. The molecule has 24 heavy (non-hydrogen) atoms. The van der Waals surface area contributed by atoms with Gasteiger partial charge in [-0.05, 0) is 43.4 Å². The fourth-order valence-corrected chi connectivity index (χ4v) is 3.52. The maximum atomic E-state index is 14.4. The van der Waals surface area contributed by atoms with Crippen LogP contribution in [0.15, 0.2) is 42.7 Å². The van der Waals surface area contributed by atoms with Crippen molar-refractivity contribution in [3.63, 3.8) is 0 Å². The smallest absolute Gasteiger partial charge is 0.149 e. The standard InChI is InChI=1S/C20H20FN3/c1-14-6-5-7-15(12-14)16-8-9-17(21)19-18(16)20(23-13-22-19)24-10-3-2-4-11-24/h5-9,12-13H,2-4,10-11H2,1H3. The van der Waals surface area contributed by atoms with E-state index in [2.05, 4.69) is 40.0 Å². The summed E-state index contributed by atoms with van der Waals surface area (Å²) in [7, 11) is 0. The van der Waals surface area contributed by atoms with E-state index in [0.717, 1.165) is 48.3 Å². The molecule has 0 bridgehead atoms. The van der Waals surface area contributed by atoms with Crippen LogP contribution in [0.25, 0.3) is 22.0 Å². The number of piperidine rings is 1. The van der Waals surface area contributed by atoms with Crippen molar-refractivity contribution in [3.05, 3.63) is 54.1 Å². The highest BCUT2D eigenvalue weighted by Crippen LogP contribution is 2.35. The second-order valence-electron chi connectivity index (χ2n) is 6.43. The Hall–Kier alpha value is -2.49. The molecule has 2 aromatic carbocycles. The van der Waals surface area contributed by atoms with Crippen molar-refractivity contribution in [3.8, 4) is 11.1 Å². The van der Waals surface area contributed by atoms with Gasteiger partial charge in [0, 0.05) is 13.1 Å². The van der Waals surface area contributed by atoms with Crippen molar-refractivity contribution >= 4 is 16.7 Å². The molecule has 0 unspecified atom stereocenters. The Morgan fingerprint density at radius 3 is 2.62 bits per heavy atom. The Labute approximate surface area is 141 Å². The van der Waals surface area contributed by atoms with E-state index < -0.39 is 0 Å². The molecular weight excluding hydrogens is 301 g/mol. The molecule has 1 saturated heterocycles. The van der Waals surface area contributed by atoms with Crippen molar-refractivity contribution in [1.29, 1.82) is 0 Å². The number of halogens is 1. The molecule has 0 N–H and O–H groups in total. The summed E-state index contributed by atoms with van der Waals surface area (Å²) in [6.45, 7) is 4.00. The molecule has 1 aliphatic heterocycles. The summed E-state index contributed by atoms with van der Waals surface area (Å²) in [5.74, 6) is 0.567. The van der Waals surface area contributed by atoms with Gasteiger partial charge < -0.3 is 4.90 Å². The SMILES string of the molecule is Cc1cccc(-c2ccc(F)c3ncnc(N4CCCCC4)c23)c1. The first-order chi connectivity index (χ1) is 11.7. The van der Waals surface area contributed by atoms with Crippen LogP contribution in [0.5, 0.6) is 0 Å². The van der Waals surface area contributed by atoms with Crippen molar-refractivity contribution in [1.82, 2.24) is 9.97 Å². The van der Waals surface area contributed by atoms with Gasteiger partial charge in [0.2, 0.25) is 0 Å². The van der Waals surface area contributed by atoms with Crippen LogP contribution < -0.4 is 4.90 Å². The highest BCUT2D eigenvalue weighted by molar-refractivity contribution is 6.02. The third kappa shape index (κ3) is 2.62. The molecule has 3 aromatic rings. The van der Waals surface area contributed by atoms with Crippen LogP contribution in [-0.4, -0.2) is 23.1 Å². The minimum absolute atomic E-state index is 0.290. The third-order valence-electron chi connectivity index (χ3n) is 4.70. The molecule has 1 aromatic heterocycles. The van der Waals surface area contributed by atoms with E-state index in [1.54, 1.807) is 0 Å². The van der Waals surface area contributed by atoms with Gasteiger partial charge in [0.25, 0.3) is 0 Å². The largest absolute Gasteiger partial charge is 0.356 e. The van der Waals surface area contributed by atoms with Gasteiger partial charge in [-0.1, -0.05) is 35.9 Å². The number of hydrogen-bond donors (Lipinski definition) is 0. The number of rotatable bonds is 2. The topological polar surface area (TPSA) is 29.0 Å². The lowest BCUT2D eigenvalue weighted by molar-refractivity contribution is 0.574. The van der Waals surface area contributed by atoms with Crippen molar-refractivity contribution in [2.45, 2.75) is 26.2 Å². The third-order valence-corrected chi connectivity index (χ3v) is 4.70. The average molecular weight is 321 g/mol. The van der Waals surface area contributed by atoms with Crippen LogP contribution in [0.3, 0.4) is 0 Å². The van der Waals surface area contributed by atoms with Crippen LogP contribution in [-0.2, 0) is 0 Å². The molecule has 1 fully saturated rings. The van der Waals surface area contributed by atoms with Crippen LogP contribution in [0.1, 0.15) is 24.8 Å². The van der Waals surface area contributed by atoms with Crippen molar-refractivity contribution in [2.75, 3.05) is 18.0 Å². The molecular formula is C20H20FN3. The first-order valence-electron chi connectivity index (χ1n) is 8.49. The van der Waals surface area contributed by atoms with Gasteiger partial charge in [-0.15, -0.1) is 0 Å². The molecule has 0 aliphatic carbocycles. The lowest BCUT2D eigenvalue weighted by Gasteiger charge is -2.29. The molecule has 0 amide bonds. The number of hydrogen-bond acceptors (Lipinski definition) is 3. The predicted octanol–water partition coefficient (Wildman–Crippen LogP) is 4.73. The van der Waals surface area contributed by atoms with Crippen LogP contribution >= 0.6 is 0 Å². The summed E-state index contributed by atoms with van der Waals surface area (Å²) >= 11 is 0. The Morgan fingerprint density at radius 1 is 1.00 bits per heavy atom. The first-order valence-corrected chi connectivity index (χ1v) is 8.49. The summed E-state index contributed by atoms with van der Waals surface area (Å²) in [6, 6.07) is 11.6. The molecule has 0 saturated carbocycles. The fourth-order valence-electron chi connectivity index (χ4n) is 3.52. The second-order valence-corrected chi connectivity index (χ2v) is 6.43. The van der Waals surface area contributed by atoms with Crippen molar-refractivity contribution < 1.29 is 4.39 Å². The maximum Gasteiger partial charge on any atom is 0.149 e. The van der Waals surface area contributed by atoms with E-state index in [4.69, 9.17) is 0 Å². The van der Waals surface area contributed by atoms with Gasteiger partial charge in [-0.3, -0.25) is 0 Å². The Bertz CT molecular complexity index is 885. The zero-order chi connectivity index (χ0) is 16.5. The summed E-state index contributed by atoms with van der Waals surface area (Å²) in [4.78, 5) is 11.0. The molecule has 2 heterocycles. The average Bonchev–Trinajstić information content (AvgIpc) is 2.62. The lowest BCUT2D eigenvalue weighted by atomic mass is 9.98. The molecule has 0 atom stereocenters. The minimum Gasteiger partial charge on any atom is -0.356 e. The van der Waals surface area contributed by atoms with Gasteiger partial charge in [0.05, 0.1) is 5.39 Å². The van der Waals surface area contributed by atoms with E-state index in [0.29, 0.717) is 5.52 Å². The first kappa shape index (κ1) is 15.1. The molecule has 0 radical (unpaired) electrons. The van der Waals surface area contributed by atoms with Gasteiger partial charge >= 0.3 is 0 Å². The minimum atomic E-state index is -0.290. The summed E-state index contributed by atoms with van der Waals surface area (Å²) < 4.78 is 14.4. The highest BCUT2D eigenvalue weighted by Gasteiger charge is 2.20. The quantitative estimate of drug-likeness (QED) is 0.683. The number of aryl methyl sites for hydroxylation is 1. The Kier molecular flexibility index (Phi) is 3.89. The Morgan fingerprint density at radius 2 is 1.83 bits per heavy atom. The van der Waals surface area contributed by atoms with E-state index >= 15 is 0 Å². The van der Waals surface area contributed by atoms with Gasteiger partial charge in [0.15, 0.2) is 0 Å². The fraction of sp³-hybridized carbons (Fsp3) is 0.300. The lowest BCUT2D eigenvalue weighted by Crippen LogP contribution is -2.30. The predicted molar refractivity (Wildman–Crippen MR) is 95.7 cm³/mol.